The zero-order valence-corrected chi connectivity index (χ0v) is 14.3. The normalized spacial score (nSPS) is 25.7. The van der Waals surface area contributed by atoms with Gasteiger partial charge in [0, 0.05) is 18.2 Å². The highest BCUT2D eigenvalue weighted by Gasteiger charge is 2.33. The van der Waals surface area contributed by atoms with Gasteiger partial charge in [0.25, 0.3) is 5.91 Å². The monoisotopic (exact) mass is 337 g/mol. The SMILES string of the molecule is C[C@H](OC[C@H]1CCCO1)C(=O)N1CCC[C@H]1c1cccc(Cl)c1. The van der Waals surface area contributed by atoms with Crippen LogP contribution in [0.2, 0.25) is 5.02 Å². The molecule has 0 bridgehead atoms. The predicted molar refractivity (Wildman–Crippen MR) is 89.5 cm³/mol. The third kappa shape index (κ3) is 4.06. The first-order chi connectivity index (χ1) is 11.1. The van der Waals surface area contributed by atoms with Crippen molar-refractivity contribution in [3.8, 4) is 0 Å². The highest BCUT2D eigenvalue weighted by molar-refractivity contribution is 6.30. The van der Waals surface area contributed by atoms with Crippen LogP contribution in [0.1, 0.15) is 44.2 Å². The van der Waals surface area contributed by atoms with E-state index in [9.17, 15) is 4.79 Å². The van der Waals surface area contributed by atoms with Crippen LogP contribution >= 0.6 is 11.6 Å². The van der Waals surface area contributed by atoms with Gasteiger partial charge in [-0.3, -0.25) is 4.79 Å². The average molecular weight is 338 g/mol. The number of rotatable bonds is 5. The summed E-state index contributed by atoms with van der Waals surface area (Å²) in [4.78, 5) is 14.7. The standard InChI is InChI=1S/C18H24ClNO3/c1-13(23-12-16-7-4-10-22-16)18(21)20-9-3-8-17(20)14-5-2-6-15(19)11-14/h2,5-6,11,13,16-17H,3-4,7-10,12H2,1H3/t13-,16+,17-/m0/s1. The minimum absolute atomic E-state index is 0.0606. The van der Waals surface area contributed by atoms with Crippen molar-refractivity contribution < 1.29 is 14.3 Å². The number of hydrogen-bond donors (Lipinski definition) is 0. The van der Waals surface area contributed by atoms with Crippen molar-refractivity contribution in [2.24, 2.45) is 0 Å². The second-order valence-electron chi connectivity index (χ2n) is 6.36. The van der Waals surface area contributed by atoms with Crippen molar-refractivity contribution >= 4 is 17.5 Å². The molecule has 3 rings (SSSR count). The lowest BCUT2D eigenvalue weighted by atomic mass is 10.0. The van der Waals surface area contributed by atoms with Crippen LogP contribution in [0.15, 0.2) is 24.3 Å². The number of carbonyl (C=O) groups excluding carboxylic acids is 1. The molecule has 0 unspecified atom stereocenters. The lowest BCUT2D eigenvalue weighted by Gasteiger charge is -2.28. The molecule has 0 N–H and O–H groups in total. The van der Waals surface area contributed by atoms with E-state index in [4.69, 9.17) is 21.1 Å². The molecule has 0 radical (unpaired) electrons. The Hall–Kier alpha value is -1.10. The Balaban J connectivity index is 1.60. The van der Waals surface area contributed by atoms with Crippen LogP contribution in [0.3, 0.4) is 0 Å². The molecule has 4 nitrogen and oxygen atoms in total. The molecule has 0 aromatic heterocycles. The first-order valence-corrected chi connectivity index (χ1v) is 8.82. The summed E-state index contributed by atoms with van der Waals surface area (Å²) in [5.74, 6) is 0.0606. The molecular weight excluding hydrogens is 314 g/mol. The minimum Gasteiger partial charge on any atom is -0.376 e. The molecule has 0 spiro atoms. The molecule has 126 valence electrons. The van der Waals surface area contributed by atoms with Crippen molar-refractivity contribution in [2.45, 2.75) is 50.9 Å². The molecule has 1 aromatic carbocycles. The highest BCUT2D eigenvalue weighted by Crippen LogP contribution is 2.33. The molecule has 2 aliphatic rings. The molecule has 1 amide bonds. The summed E-state index contributed by atoms with van der Waals surface area (Å²) >= 11 is 6.09. The number of nitrogens with zero attached hydrogens (tertiary/aromatic N) is 1. The maximum absolute atomic E-state index is 12.7. The second-order valence-corrected chi connectivity index (χ2v) is 6.79. The Morgan fingerprint density at radius 3 is 3.04 bits per heavy atom. The van der Waals surface area contributed by atoms with E-state index in [1.807, 2.05) is 36.1 Å². The molecule has 2 fully saturated rings. The number of halogens is 1. The summed E-state index contributed by atoms with van der Waals surface area (Å²) < 4.78 is 11.3. The maximum Gasteiger partial charge on any atom is 0.251 e. The van der Waals surface area contributed by atoms with Crippen LogP contribution in [0.5, 0.6) is 0 Å². The maximum atomic E-state index is 12.7. The summed E-state index contributed by atoms with van der Waals surface area (Å²) in [5.41, 5.74) is 1.11. The number of ether oxygens (including phenoxy) is 2. The smallest absolute Gasteiger partial charge is 0.251 e. The zero-order chi connectivity index (χ0) is 16.2. The van der Waals surface area contributed by atoms with Gasteiger partial charge >= 0.3 is 0 Å². The van der Waals surface area contributed by atoms with Crippen LogP contribution in [0.4, 0.5) is 0 Å². The van der Waals surface area contributed by atoms with Crippen LogP contribution in [0, 0.1) is 0 Å². The first-order valence-electron chi connectivity index (χ1n) is 8.44. The Morgan fingerprint density at radius 1 is 1.43 bits per heavy atom. The Bertz CT molecular complexity index is 545. The van der Waals surface area contributed by atoms with E-state index in [2.05, 4.69) is 0 Å². The summed E-state index contributed by atoms with van der Waals surface area (Å²) in [7, 11) is 0. The van der Waals surface area contributed by atoms with E-state index in [1.165, 1.54) is 0 Å². The third-order valence-electron chi connectivity index (χ3n) is 4.67. The topological polar surface area (TPSA) is 38.8 Å². The van der Waals surface area contributed by atoms with E-state index < -0.39 is 6.10 Å². The van der Waals surface area contributed by atoms with Gasteiger partial charge in [0.05, 0.1) is 18.8 Å². The number of amides is 1. The van der Waals surface area contributed by atoms with E-state index >= 15 is 0 Å². The van der Waals surface area contributed by atoms with Gasteiger partial charge in [-0.15, -0.1) is 0 Å². The lowest BCUT2D eigenvalue weighted by Crippen LogP contribution is -2.39. The summed E-state index contributed by atoms with van der Waals surface area (Å²) in [6.07, 6.45) is 3.81. The first kappa shape index (κ1) is 16.7. The Labute approximate surface area is 142 Å². The molecule has 2 heterocycles. The van der Waals surface area contributed by atoms with Gasteiger partial charge in [-0.2, -0.15) is 0 Å². The Kier molecular flexibility index (Phi) is 5.57. The van der Waals surface area contributed by atoms with Gasteiger partial charge < -0.3 is 14.4 Å². The van der Waals surface area contributed by atoms with Gasteiger partial charge in [0.2, 0.25) is 0 Å². The fourth-order valence-corrected chi connectivity index (χ4v) is 3.62. The van der Waals surface area contributed by atoms with Crippen LogP contribution < -0.4 is 0 Å². The van der Waals surface area contributed by atoms with Crippen molar-refractivity contribution in [1.29, 1.82) is 0 Å². The summed E-state index contributed by atoms with van der Waals surface area (Å²) in [6, 6.07) is 7.90. The van der Waals surface area contributed by atoms with Crippen molar-refractivity contribution in [3.63, 3.8) is 0 Å². The largest absolute Gasteiger partial charge is 0.376 e. The van der Waals surface area contributed by atoms with Gasteiger partial charge in [0.15, 0.2) is 0 Å². The predicted octanol–water partition coefficient (Wildman–Crippen LogP) is 3.59. The van der Waals surface area contributed by atoms with Crippen LogP contribution in [-0.4, -0.2) is 42.8 Å². The molecule has 2 saturated heterocycles. The molecular formula is C18H24ClNO3. The van der Waals surface area contributed by atoms with E-state index in [0.29, 0.717) is 11.6 Å². The number of likely N-dealkylation sites (tertiary alicyclic amines) is 1. The van der Waals surface area contributed by atoms with Gasteiger partial charge in [-0.1, -0.05) is 23.7 Å². The van der Waals surface area contributed by atoms with E-state index in [-0.39, 0.29) is 18.1 Å². The molecule has 0 saturated carbocycles. The molecule has 3 atom stereocenters. The fourth-order valence-electron chi connectivity index (χ4n) is 3.42. The van der Waals surface area contributed by atoms with Gasteiger partial charge in [0.1, 0.15) is 6.10 Å². The van der Waals surface area contributed by atoms with Gasteiger partial charge in [-0.05, 0) is 50.3 Å². The second kappa shape index (κ2) is 7.65. The van der Waals surface area contributed by atoms with Crippen LogP contribution in [0.25, 0.3) is 0 Å². The molecule has 5 heteroatoms. The summed E-state index contributed by atoms with van der Waals surface area (Å²) in [5, 5.41) is 0.712. The quantitative estimate of drug-likeness (QED) is 0.824. The molecule has 0 aliphatic carbocycles. The van der Waals surface area contributed by atoms with Crippen molar-refractivity contribution in [1.82, 2.24) is 4.90 Å². The number of hydrogen-bond acceptors (Lipinski definition) is 3. The highest BCUT2D eigenvalue weighted by atomic mass is 35.5. The summed E-state index contributed by atoms with van der Waals surface area (Å²) in [6.45, 7) is 3.93. The molecule has 23 heavy (non-hydrogen) atoms. The third-order valence-corrected chi connectivity index (χ3v) is 4.91. The van der Waals surface area contributed by atoms with Gasteiger partial charge in [-0.25, -0.2) is 0 Å². The average Bonchev–Trinajstić information content (AvgIpc) is 3.23. The molecule has 1 aromatic rings. The number of benzene rings is 1. The lowest BCUT2D eigenvalue weighted by molar-refractivity contribution is -0.145. The zero-order valence-electron chi connectivity index (χ0n) is 13.5. The van der Waals surface area contributed by atoms with E-state index in [1.54, 1.807) is 0 Å². The Morgan fingerprint density at radius 2 is 2.30 bits per heavy atom. The molecule has 2 aliphatic heterocycles. The van der Waals surface area contributed by atoms with Crippen LogP contribution in [-0.2, 0) is 14.3 Å². The fraction of sp³-hybridized carbons (Fsp3) is 0.611. The minimum atomic E-state index is -0.431. The van der Waals surface area contributed by atoms with Crippen molar-refractivity contribution in [3.05, 3.63) is 34.9 Å². The number of carbonyl (C=O) groups is 1. The van der Waals surface area contributed by atoms with Crippen molar-refractivity contribution in [2.75, 3.05) is 19.8 Å². The van der Waals surface area contributed by atoms with E-state index in [0.717, 1.165) is 44.4 Å².